The first kappa shape index (κ1) is 23.6. The van der Waals surface area contributed by atoms with Crippen LogP contribution in [0, 0.1) is 0 Å². The summed E-state index contributed by atoms with van der Waals surface area (Å²) in [4.78, 5) is 47.6. The highest BCUT2D eigenvalue weighted by molar-refractivity contribution is 5.88. The van der Waals surface area contributed by atoms with Gasteiger partial charge >= 0.3 is 11.9 Å². The van der Waals surface area contributed by atoms with Crippen LogP contribution >= 0.6 is 0 Å². The van der Waals surface area contributed by atoms with Crippen LogP contribution in [0.3, 0.4) is 0 Å². The zero-order chi connectivity index (χ0) is 22.5. The Labute approximate surface area is 180 Å². The van der Waals surface area contributed by atoms with Gasteiger partial charge in [0, 0.05) is 13.3 Å². The van der Waals surface area contributed by atoms with Crippen molar-refractivity contribution >= 4 is 23.8 Å². The fourth-order valence-corrected chi connectivity index (χ4v) is 2.60. The molecule has 0 aliphatic heterocycles. The minimum Gasteiger partial charge on any atom is -0.461 e. The van der Waals surface area contributed by atoms with Gasteiger partial charge in [-0.05, 0) is 17.5 Å². The number of rotatable bonds is 11. The Hall–Kier alpha value is -3.68. The maximum Gasteiger partial charge on any atom is 0.328 e. The number of esters is 2. The predicted molar refractivity (Wildman–Crippen MR) is 112 cm³/mol. The van der Waals surface area contributed by atoms with Crippen molar-refractivity contribution < 1.29 is 28.7 Å². The summed E-state index contributed by atoms with van der Waals surface area (Å²) in [7, 11) is 0. The molecule has 2 aromatic rings. The standard InChI is InChI=1S/C23H26N2O6/c1-17(26)24-14-21(27)25-20(23(29)31-16-19-10-6-3-7-11-19)12-13-22(28)30-15-18-8-4-2-5-9-18/h2-11,20H,12-16H2,1H3,(H,24,26)(H,25,27)/t20-/m1/s1. The molecular formula is C23H26N2O6. The van der Waals surface area contributed by atoms with Crippen LogP contribution in [0.2, 0.25) is 0 Å². The second-order valence-electron chi connectivity index (χ2n) is 6.81. The van der Waals surface area contributed by atoms with Crippen LogP contribution in [0.1, 0.15) is 30.9 Å². The smallest absolute Gasteiger partial charge is 0.328 e. The van der Waals surface area contributed by atoms with Crippen molar-refractivity contribution in [1.82, 2.24) is 10.6 Å². The third kappa shape index (κ3) is 9.58. The van der Waals surface area contributed by atoms with E-state index >= 15 is 0 Å². The summed E-state index contributed by atoms with van der Waals surface area (Å²) in [6.07, 6.45) is -0.0780. The Morgan fingerprint density at radius 2 is 1.39 bits per heavy atom. The number of carbonyl (C=O) groups excluding carboxylic acids is 4. The summed E-state index contributed by atoms with van der Waals surface area (Å²) in [5.41, 5.74) is 1.64. The molecule has 0 saturated heterocycles. The summed E-state index contributed by atoms with van der Waals surface area (Å²) >= 11 is 0. The number of hydrogen-bond acceptors (Lipinski definition) is 6. The Morgan fingerprint density at radius 3 is 1.94 bits per heavy atom. The van der Waals surface area contributed by atoms with E-state index in [1.165, 1.54) is 6.92 Å². The molecular weight excluding hydrogens is 400 g/mol. The monoisotopic (exact) mass is 426 g/mol. The molecule has 0 aliphatic rings. The van der Waals surface area contributed by atoms with Gasteiger partial charge in [0.2, 0.25) is 11.8 Å². The molecule has 0 spiro atoms. The Kier molecular flexibility index (Phi) is 9.74. The summed E-state index contributed by atoms with van der Waals surface area (Å²) < 4.78 is 10.5. The van der Waals surface area contributed by atoms with Gasteiger partial charge in [-0.15, -0.1) is 0 Å². The van der Waals surface area contributed by atoms with Gasteiger partial charge in [-0.25, -0.2) is 4.79 Å². The number of carbonyl (C=O) groups is 4. The van der Waals surface area contributed by atoms with E-state index in [9.17, 15) is 19.2 Å². The van der Waals surface area contributed by atoms with Crippen molar-refractivity contribution in [1.29, 1.82) is 0 Å². The minimum atomic E-state index is -1.05. The zero-order valence-electron chi connectivity index (χ0n) is 17.3. The molecule has 8 nitrogen and oxygen atoms in total. The molecule has 0 aliphatic carbocycles. The lowest BCUT2D eigenvalue weighted by molar-refractivity contribution is -0.150. The second kappa shape index (κ2) is 12.8. The molecule has 2 rings (SSSR count). The van der Waals surface area contributed by atoms with Gasteiger partial charge in [0.15, 0.2) is 0 Å². The van der Waals surface area contributed by atoms with E-state index < -0.39 is 23.9 Å². The van der Waals surface area contributed by atoms with Crippen molar-refractivity contribution in [2.75, 3.05) is 6.54 Å². The van der Waals surface area contributed by atoms with Gasteiger partial charge in [-0.1, -0.05) is 60.7 Å². The first-order valence-electron chi connectivity index (χ1n) is 9.88. The fraction of sp³-hybridized carbons (Fsp3) is 0.304. The molecule has 0 unspecified atom stereocenters. The molecule has 2 aromatic carbocycles. The molecule has 0 radical (unpaired) electrons. The Bertz CT molecular complexity index is 870. The van der Waals surface area contributed by atoms with Crippen LogP contribution in [0.4, 0.5) is 0 Å². The third-order valence-corrected chi connectivity index (χ3v) is 4.22. The Balaban J connectivity index is 1.88. The molecule has 0 fully saturated rings. The molecule has 0 aromatic heterocycles. The van der Waals surface area contributed by atoms with E-state index in [2.05, 4.69) is 10.6 Å². The van der Waals surface area contributed by atoms with Gasteiger partial charge in [-0.3, -0.25) is 14.4 Å². The molecule has 0 heterocycles. The first-order chi connectivity index (χ1) is 14.9. The van der Waals surface area contributed by atoms with E-state index in [1.807, 2.05) is 48.5 Å². The van der Waals surface area contributed by atoms with Crippen molar-refractivity contribution in [2.45, 2.75) is 39.0 Å². The largest absolute Gasteiger partial charge is 0.461 e. The van der Waals surface area contributed by atoms with Crippen molar-refractivity contribution in [2.24, 2.45) is 0 Å². The molecule has 0 bridgehead atoms. The fourth-order valence-electron chi connectivity index (χ4n) is 2.60. The number of nitrogens with one attached hydrogen (secondary N) is 2. The SMILES string of the molecule is CC(=O)NCC(=O)N[C@H](CCC(=O)OCc1ccccc1)C(=O)OCc1ccccc1. The van der Waals surface area contributed by atoms with Gasteiger partial charge in [-0.2, -0.15) is 0 Å². The maximum atomic E-state index is 12.5. The van der Waals surface area contributed by atoms with Crippen LogP contribution < -0.4 is 10.6 Å². The highest BCUT2D eigenvalue weighted by atomic mass is 16.5. The highest BCUT2D eigenvalue weighted by Crippen LogP contribution is 2.08. The molecule has 2 amide bonds. The average Bonchev–Trinajstić information content (AvgIpc) is 2.78. The van der Waals surface area contributed by atoms with Gasteiger partial charge in [0.05, 0.1) is 6.54 Å². The van der Waals surface area contributed by atoms with Gasteiger partial charge < -0.3 is 20.1 Å². The summed E-state index contributed by atoms with van der Waals surface area (Å²) in [5.74, 6) is -2.10. The van der Waals surface area contributed by atoms with Crippen molar-refractivity contribution in [3.8, 4) is 0 Å². The summed E-state index contributed by atoms with van der Waals surface area (Å²) in [5, 5.41) is 4.86. The Morgan fingerprint density at radius 1 is 0.839 bits per heavy atom. The van der Waals surface area contributed by atoms with E-state index in [-0.39, 0.29) is 38.5 Å². The highest BCUT2D eigenvalue weighted by Gasteiger charge is 2.24. The van der Waals surface area contributed by atoms with Gasteiger partial charge in [0.25, 0.3) is 0 Å². The normalized spacial score (nSPS) is 11.1. The second-order valence-corrected chi connectivity index (χ2v) is 6.81. The van der Waals surface area contributed by atoms with Crippen LogP contribution in [0.25, 0.3) is 0 Å². The van der Waals surface area contributed by atoms with Crippen molar-refractivity contribution in [3.05, 3.63) is 71.8 Å². The maximum absolute atomic E-state index is 12.5. The lowest BCUT2D eigenvalue weighted by Crippen LogP contribution is -2.46. The molecule has 164 valence electrons. The first-order valence-corrected chi connectivity index (χ1v) is 9.88. The summed E-state index contributed by atoms with van der Waals surface area (Å²) in [6, 6.07) is 17.2. The lowest BCUT2D eigenvalue weighted by Gasteiger charge is -2.18. The van der Waals surface area contributed by atoms with Gasteiger partial charge in [0.1, 0.15) is 19.3 Å². The molecule has 0 saturated carbocycles. The summed E-state index contributed by atoms with van der Waals surface area (Å²) in [6.45, 7) is 1.16. The molecule has 2 N–H and O–H groups in total. The predicted octanol–water partition coefficient (Wildman–Crippen LogP) is 1.87. The quantitative estimate of drug-likeness (QED) is 0.531. The zero-order valence-corrected chi connectivity index (χ0v) is 17.3. The number of amides is 2. The van der Waals surface area contributed by atoms with Crippen molar-refractivity contribution in [3.63, 3.8) is 0 Å². The van der Waals surface area contributed by atoms with Crippen LogP contribution in [-0.4, -0.2) is 36.3 Å². The molecule has 31 heavy (non-hydrogen) atoms. The van der Waals surface area contributed by atoms with Crippen LogP contribution in [0.5, 0.6) is 0 Å². The topological polar surface area (TPSA) is 111 Å². The minimum absolute atomic E-state index is 0.00700. The molecule has 8 heteroatoms. The number of benzene rings is 2. The lowest BCUT2D eigenvalue weighted by atomic mass is 10.1. The third-order valence-electron chi connectivity index (χ3n) is 4.22. The van der Waals surface area contributed by atoms with E-state index in [0.29, 0.717) is 0 Å². The number of ether oxygens (including phenoxy) is 2. The van der Waals surface area contributed by atoms with Crippen LogP contribution in [0.15, 0.2) is 60.7 Å². The average molecular weight is 426 g/mol. The van der Waals surface area contributed by atoms with Crippen LogP contribution in [-0.2, 0) is 41.9 Å². The number of hydrogen-bond donors (Lipinski definition) is 2. The molecule has 1 atom stereocenters. The van der Waals surface area contributed by atoms with E-state index in [0.717, 1.165) is 11.1 Å². The van der Waals surface area contributed by atoms with E-state index in [1.54, 1.807) is 12.1 Å². The van der Waals surface area contributed by atoms with E-state index in [4.69, 9.17) is 9.47 Å².